The minimum absolute atomic E-state index is 0.188. The molecular weight excluding hydrogens is 314 g/mol. The zero-order valence-electron chi connectivity index (χ0n) is 12.6. The number of amides is 1. The van der Waals surface area contributed by atoms with E-state index in [1.807, 2.05) is 42.5 Å². The van der Waals surface area contributed by atoms with E-state index in [2.05, 4.69) is 15.1 Å². The van der Waals surface area contributed by atoms with E-state index in [0.29, 0.717) is 5.03 Å². The molecule has 0 radical (unpaired) electrons. The van der Waals surface area contributed by atoms with Crippen LogP contribution in [0.2, 0.25) is 0 Å². The molecule has 3 rings (SSSR count). The number of benzene rings is 2. The van der Waals surface area contributed by atoms with Crippen molar-refractivity contribution in [3.63, 3.8) is 0 Å². The Morgan fingerprint density at radius 2 is 2.04 bits per heavy atom. The highest BCUT2D eigenvalue weighted by Gasteiger charge is 2.23. The first kappa shape index (κ1) is 15.4. The average Bonchev–Trinajstić information content (AvgIpc) is 2.87. The number of fused-ring (bicyclic) bond motifs is 1. The Morgan fingerprint density at radius 3 is 2.78 bits per heavy atom. The number of carbonyl (C=O) groups is 1. The second kappa shape index (κ2) is 6.29. The molecule has 1 amide bonds. The van der Waals surface area contributed by atoms with E-state index in [-0.39, 0.29) is 5.91 Å². The van der Waals surface area contributed by atoms with Gasteiger partial charge >= 0.3 is 0 Å². The molecule has 0 fully saturated rings. The summed E-state index contributed by atoms with van der Waals surface area (Å²) >= 11 is 1.12. The van der Waals surface area contributed by atoms with Gasteiger partial charge in [0.05, 0.1) is 10.5 Å². The van der Waals surface area contributed by atoms with Gasteiger partial charge in [0.1, 0.15) is 0 Å². The van der Waals surface area contributed by atoms with Crippen molar-refractivity contribution in [3.05, 3.63) is 42.5 Å². The van der Waals surface area contributed by atoms with E-state index in [1.54, 1.807) is 14.0 Å². The van der Waals surface area contributed by atoms with E-state index >= 15 is 0 Å². The van der Waals surface area contributed by atoms with Crippen LogP contribution in [-0.4, -0.2) is 16.4 Å². The van der Waals surface area contributed by atoms with E-state index in [9.17, 15) is 9.90 Å². The van der Waals surface area contributed by atoms with Crippen LogP contribution in [0.15, 0.2) is 52.0 Å². The molecule has 1 unspecified atom stereocenters. The number of hydrogen-bond acceptors (Lipinski definition) is 5. The Bertz CT molecular complexity index is 838. The van der Waals surface area contributed by atoms with Crippen LogP contribution in [0, 0.1) is 0 Å². The molecule has 1 aromatic heterocycles. The van der Waals surface area contributed by atoms with Gasteiger partial charge in [-0.15, -0.1) is 0 Å². The number of nitrogens with zero attached hydrogens (tertiary/aromatic N) is 2. The van der Waals surface area contributed by atoms with Gasteiger partial charge in [-0.25, -0.2) is 0 Å². The molecule has 0 aliphatic heterocycles. The minimum atomic E-state index is -0.540. The predicted octanol–water partition coefficient (Wildman–Crippen LogP) is 1.85. The summed E-state index contributed by atoms with van der Waals surface area (Å²) in [4.78, 5) is 12.4. The Morgan fingerprint density at radius 1 is 1.30 bits per heavy atom. The van der Waals surface area contributed by atoms with Gasteiger partial charge in [-0.3, -0.25) is 4.79 Å². The lowest BCUT2D eigenvalue weighted by atomic mass is 10.1. The molecule has 1 atom stereocenters. The van der Waals surface area contributed by atoms with Crippen molar-refractivity contribution in [2.45, 2.75) is 17.2 Å². The Balaban J connectivity index is 1.78. The van der Waals surface area contributed by atoms with Gasteiger partial charge in [0.2, 0.25) is 5.91 Å². The van der Waals surface area contributed by atoms with Gasteiger partial charge < -0.3 is 14.9 Å². The molecule has 3 aromatic rings. The van der Waals surface area contributed by atoms with Crippen LogP contribution in [0.25, 0.3) is 10.8 Å². The Kier molecular flexibility index (Phi) is 4.20. The van der Waals surface area contributed by atoms with Crippen molar-refractivity contribution in [1.29, 1.82) is 0 Å². The summed E-state index contributed by atoms with van der Waals surface area (Å²) in [5.74, 6) is -0.728. The fourth-order valence-electron chi connectivity index (χ4n) is 2.22. The van der Waals surface area contributed by atoms with E-state index < -0.39 is 11.2 Å². The molecule has 0 saturated heterocycles. The maximum absolute atomic E-state index is 12.4. The summed E-state index contributed by atoms with van der Waals surface area (Å²) in [6.45, 7) is 1.73. The molecule has 23 heavy (non-hydrogen) atoms. The highest BCUT2D eigenvalue weighted by atomic mass is 32.2. The van der Waals surface area contributed by atoms with Crippen LogP contribution < -0.4 is 15.1 Å². The number of aromatic nitrogens is 2. The normalized spacial score (nSPS) is 12.3. The van der Waals surface area contributed by atoms with Gasteiger partial charge in [-0.2, -0.15) is 0 Å². The van der Waals surface area contributed by atoms with Gasteiger partial charge in [-0.05, 0) is 30.1 Å². The summed E-state index contributed by atoms with van der Waals surface area (Å²) < 4.78 is 5.88. The molecule has 0 aliphatic rings. The molecule has 118 valence electrons. The summed E-state index contributed by atoms with van der Waals surface area (Å²) in [5.41, 5.74) is 0.748. The Hall–Kier alpha value is -2.54. The van der Waals surface area contributed by atoms with Gasteiger partial charge in [0.25, 0.3) is 5.03 Å². The van der Waals surface area contributed by atoms with E-state index in [4.69, 9.17) is 0 Å². The Labute approximate surface area is 137 Å². The van der Waals surface area contributed by atoms with Crippen molar-refractivity contribution in [2.75, 3.05) is 5.32 Å². The first-order chi connectivity index (χ1) is 11.1. The number of rotatable bonds is 4. The van der Waals surface area contributed by atoms with Gasteiger partial charge in [0.15, 0.2) is 13.0 Å². The highest BCUT2D eigenvalue weighted by molar-refractivity contribution is 8.00. The largest absolute Gasteiger partial charge is 0.538 e. The van der Waals surface area contributed by atoms with Gasteiger partial charge in [-0.1, -0.05) is 41.1 Å². The zero-order valence-corrected chi connectivity index (χ0v) is 13.5. The maximum atomic E-state index is 12.4. The minimum Gasteiger partial charge on any atom is -0.538 e. The summed E-state index contributed by atoms with van der Waals surface area (Å²) in [6.07, 6.45) is 0. The molecule has 0 aliphatic carbocycles. The van der Waals surface area contributed by atoms with Crippen molar-refractivity contribution in [2.24, 2.45) is 7.05 Å². The smallest absolute Gasteiger partial charge is 0.291 e. The first-order valence-electron chi connectivity index (χ1n) is 7.04. The molecule has 0 spiro atoms. The third-order valence-electron chi connectivity index (χ3n) is 3.42. The number of thioether (sulfide) groups is 1. The lowest BCUT2D eigenvalue weighted by Gasteiger charge is -2.12. The maximum Gasteiger partial charge on any atom is 0.291 e. The van der Waals surface area contributed by atoms with Crippen molar-refractivity contribution in [1.82, 2.24) is 5.27 Å². The number of carbonyl (C=O) groups excluding carboxylic acids is 1. The van der Waals surface area contributed by atoms with Crippen molar-refractivity contribution < 1.29 is 19.1 Å². The summed E-state index contributed by atoms with van der Waals surface area (Å²) in [6, 6.07) is 13.6. The van der Waals surface area contributed by atoms with Crippen molar-refractivity contribution >= 4 is 34.1 Å². The number of anilines is 1. The molecule has 0 saturated carbocycles. The lowest BCUT2D eigenvalue weighted by Crippen LogP contribution is -2.33. The molecular formula is C16H15N3O3S. The number of nitrogens with one attached hydrogen (secondary N) is 1. The SMILES string of the molecule is CC(Sc1c([O-])on[n+]1C)C(=O)Nc1cccc2ccccc12. The third-order valence-corrected chi connectivity index (χ3v) is 4.64. The zero-order chi connectivity index (χ0) is 16.4. The standard InChI is InChI=1S/C16H15N3O3S/c1-10(23-15-16(21)22-18-19(15)2)14(20)17-13-9-5-7-11-6-3-4-8-12(11)13/h3-10H,1-2H3,(H-,17,18,20,21). The van der Waals surface area contributed by atoms with Crippen LogP contribution in [-0.2, 0) is 11.8 Å². The second-order valence-corrected chi connectivity index (χ2v) is 6.39. The molecule has 6 nitrogen and oxygen atoms in total. The topological polar surface area (TPSA) is 82.1 Å². The van der Waals surface area contributed by atoms with Crippen LogP contribution in [0.3, 0.4) is 0 Å². The van der Waals surface area contributed by atoms with E-state index in [0.717, 1.165) is 28.2 Å². The molecule has 7 heteroatoms. The predicted molar refractivity (Wildman–Crippen MR) is 85.0 cm³/mol. The monoisotopic (exact) mass is 329 g/mol. The van der Waals surface area contributed by atoms with Crippen molar-refractivity contribution in [3.8, 4) is 5.95 Å². The number of hydrogen-bond donors (Lipinski definition) is 1. The average molecular weight is 329 g/mol. The van der Waals surface area contributed by atoms with Crippen LogP contribution in [0.4, 0.5) is 5.69 Å². The second-order valence-electron chi connectivity index (χ2n) is 5.07. The highest BCUT2D eigenvalue weighted by Crippen LogP contribution is 2.28. The fourth-order valence-corrected chi connectivity index (χ4v) is 3.04. The van der Waals surface area contributed by atoms with E-state index in [1.165, 1.54) is 4.68 Å². The molecule has 1 N–H and O–H groups in total. The van der Waals surface area contributed by atoms with Crippen LogP contribution in [0.5, 0.6) is 5.95 Å². The van der Waals surface area contributed by atoms with Gasteiger partial charge in [0, 0.05) is 11.1 Å². The van der Waals surface area contributed by atoms with Crippen LogP contribution >= 0.6 is 11.8 Å². The lowest BCUT2D eigenvalue weighted by molar-refractivity contribution is -0.772. The first-order valence-corrected chi connectivity index (χ1v) is 7.92. The number of aryl methyl sites for hydroxylation is 1. The molecule has 1 heterocycles. The van der Waals surface area contributed by atoms with Crippen LogP contribution in [0.1, 0.15) is 6.92 Å². The quantitative estimate of drug-likeness (QED) is 0.583. The summed E-state index contributed by atoms with van der Waals surface area (Å²) in [7, 11) is 1.60. The fraction of sp³-hybridized carbons (Fsp3) is 0.188. The third kappa shape index (κ3) is 3.14. The molecule has 2 aromatic carbocycles. The summed E-state index contributed by atoms with van der Waals surface area (Å²) in [5, 5.41) is 19.8. The molecule has 0 bridgehead atoms.